The number of fused-ring (bicyclic) bond motifs is 2. The molecule has 1 N–H and O–H groups in total. The second-order valence-electron chi connectivity index (χ2n) is 16.0. The maximum atomic E-state index is 13.0. The molecule has 1 aromatic carbocycles. The number of hydrogen-bond donors (Lipinski definition) is 1. The lowest BCUT2D eigenvalue weighted by molar-refractivity contribution is -0.135. The molecular formula is C41H56N8O5. The van der Waals surface area contributed by atoms with Crippen molar-refractivity contribution in [2.75, 3.05) is 59.2 Å². The number of imide groups is 1. The van der Waals surface area contributed by atoms with Gasteiger partial charge < -0.3 is 14.4 Å². The fourth-order valence-corrected chi connectivity index (χ4v) is 9.54. The molecule has 290 valence electrons. The molecule has 1 atom stereocenters. The van der Waals surface area contributed by atoms with Crippen LogP contribution in [0.4, 0.5) is 0 Å². The average Bonchev–Trinajstić information content (AvgIpc) is 3.74. The van der Waals surface area contributed by atoms with Gasteiger partial charge in [0.05, 0.1) is 22.2 Å². The van der Waals surface area contributed by atoms with Crippen LogP contribution < -0.4 is 11.0 Å². The molecule has 2 amide bonds. The van der Waals surface area contributed by atoms with Gasteiger partial charge in [-0.2, -0.15) is 5.10 Å². The lowest BCUT2D eigenvalue weighted by atomic mass is 9.82. The van der Waals surface area contributed by atoms with Crippen molar-refractivity contribution in [1.82, 2.24) is 38.8 Å². The summed E-state index contributed by atoms with van der Waals surface area (Å²) in [5.74, 6) is 0.543. The molecule has 0 radical (unpaired) electrons. The van der Waals surface area contributed by atoms with Crippen molar-refractivity contribution >= 4 is 28.4 Å². The molecule has 13 heteroatoms. The number of benzene rings is 1. The Morgan fingerprint density at radius 3 is 2.50 bits per heavy atom. The van der Waals surface area contributed by atoms with Gasteiger partial charge in [-0.25, -0.2) is 14.3 Å². The second-order valence-corrected chi connectivity index (χ2v) is 16.0. The molecule has 3 aromatic heterocycles. The Morgan fingerprint density at radius 1 is 0.907 bits per heavy atom. The first-order valence-corrected chi connectivity index (χ1v) is 20.4. The van der Waals surface area contributed by atoms with Crippen molar-refractivity contribution in [3.63, 3.8) is 0 Å². The van der Waals surface area contributed by atoms with Gasteiger partial charge in [0, 0.05) is 84.9 Å². The Kier molecular flexibility index (Phi) is 11.6. The largest absolute Gasteiger partial charge is 0.381 e. The molecule has 0 bridgehead atoms. The first-order chi connectivity index (χ1) is 26.4. The van der Waals surface area contributed by atoms with Crippen molar-refractivity contribution in [1.29, 1.82) is 0 Å². The van der Waals surface area contributed by atoms with Gasteiger partial charge in [0.25, 0.3) is 0 Å². The van der Waals surface area contributed by atoms with E-state index >= 15 is 0 Å². The zero-order valence-corrected chi connectivity index (χ0v) is 31.8. The minimum atomic E-state index is -0.664. The maximum Gasteiger partial charge on any atom is 0.329 e. The van der Waals surface area contributed by atoms with Crippen molar-refractivity contribution in [2.24, 2.45) is 13.0 Å². The zero-order valence-electron chi connectivity index (χ0n) is 31.8. The van der Waals surface area contributed by atoms with Crippen LogP contribution in [-0.4, -0.2) is 111 Å². The van der Waals surface area contributed by atoms with E-state index in [0.717, 1.165) is 108 Å². The number of nitrogens with one attached hydrogen (secondary N) is 1. The van der Waals surface area contributed by atoms with Gasteiger partial charge in [-0.15, -0.1) is 0 Å². The highest BCUT2D eigenvalue weighted by Gasteiger charge is 2.32. The standard InChI is InChI=1S/C41H56N8O5/c1-45-37-27-29(7-10-35(37)49(41(45)52)36-11-12-38(50)44-40(36)51)4-2-22-53-23-3-16-46-18-20-47(21-19-46)32-8-5-30(6-9-32)26-34-39-33(31-14-24-54-25-15-31)13-17-48(39)43-28-42-34/h7,10,13,17,27-28,30-32,36H,2-6,8-9,11-12,14-16,18-26H2,1H3,(H,44,50,51). The fourth-order valence-electron chi connectivity index (χ4n) is 9.54. The molecule has 6 heterocycles. The molecule has 4 aliphatic rings. The van der Waals surface area contributed by atoms with Gasteiger partial charge in [0.15, 0.2) is 0 Å². The van der Waals surface area contributed by atoms with E-state index in [4.69, 9.17) is 14.5 Å². The summed E-state index contributed by atoms with van der Waals surface area (Å²) in [7, 11) is 1.73. The molecule has 1 aliphatic carbocycles. The Morgan fingerprint density at radius 2 is 1.70 bits per heavy atom. The lowest BCUT2D eigenvalue weighted by Crippen LogP contribution is -2.51. The van der Waals surface area contributed by atoms with Crippen molar-refractivity contribution < 1.29 is 19.1 Å². The fraction of sp³-hybridized carbons (Fsp3) is 0.634. The van der Waals surface area contributed by atoms with E-state index in [2.05, 4.69) is 32.5 Å². The van der Waals surface area contributed by atoms with E-state index in [9.17, 15) is 14.4 Å². The van der Waals surface area contributed by atoms with Crippen LogP contribution in [0.25, 0.3) is 16.6 Å². The number of hydrogen-bond acceptors (Lipinski definition) is 9. The summed E-state index contributed by atoms with van der Waals surface area (Å²) in [5.41, 5.74) is 6.31. The van der Waals surface area contributed by atoms with E-state index in [-0.39, 0.29) is 18.0 Å². The smallest absolute Gasteiger partial charge is 0.329 e. The Balaban J connectivity index is 0.719. The van der Waals surface area contributed by atoms with Crippen LogP contribution in [-0.2, 0) is 39.0 Å². The van der Waals surface area contributed by atoms with Gasteiger partial charge in [0.1, 0.15) is 12.4 Å². The maximum absolute atomic E-state index is 13.0. The third kappa shape index (κ3) is 8.05. The minimum absolute atomic E-state index is 0.235. The predicted octanol–water partition coefficient (Wildman–Crippen LogP) is 4.01. The Bertz CT molecular complexity index is 1980. The molecule has 13 nitrogen and oxygen atoms in total. The zero-order chi connectivity index (χ0) is 37.0. The SMILES string of the molecule is Cn1c(=O)n(C2CCC(=O)NC2=O)c2ccc(CCCOCCCN3CCN(C4CCC(Cc5ncnn6ccc(C7CCOCC7)c56)CC4)CC3)cc21. The van der Waals surface area contributed by atoms with Crippen molar-refractivity contribution in [3.05, 3.63) is 64.1 Å². The monoisotopic (exact) mass is 740 g/mol. The molecule has 3 aliphatic heterocycles. The average molecular weight is 741 g/mol. The van der Waals surface area contributed by atoms with Crippen molar-refractivity contribution in [3.8, 4) is 0 Å². The third-order valence-electron chi connectivity index (χ3n) is 12.6. The molecule has 54 heavy (non-hydrogen) atoms. The number of imidazole rings is 1. The number of nitrogens with zero attached hydrogens (tertiary/aromatic N) is 7. The topological polar surface area (TPSA) is 128 Å². The first-order valence-electron chi connectivity index (χ1n) is 20.4. The number of aryl methyl sites for hydroxylation is 2. The number of ether oxygens (including phenoxy) is 2. The number of rotatable bonds is 13. The van der Waals surface area contributed by atoms with E-state index < -0.39 is 11.9 Å². The first kappa shape index (κ1) is 37.0. The highest BCUT2D eigenvalue weighted by molar-refractivity contribution is 6.00. The van der Waals surface area contributed by atoms with Crippen LogP contribution >= 0.6 is 0 Å². The minimum Gasteiger partial charge on any atom is -0.381 e. The summed E-state index contributed by atoms with van der Waals surface area (Å²) in [4.78, 5) is 47.3. The Labute approximate surface area is 317 Å². The van der Waals surface area contributed by atoms with Crippen LogP contribution in [0.1, 0.15) is 93.0 Å². The van der Waals surface area contributed by atoms with E-state index in [1.807, 2.05) is 22.7 Å². The second kappa shape index (κ2) is 16.8. The number of aromatic nitrogens is 5. The molecule has 8 rings (SSSR count). The number of piperidine rings is 1. The molecule has 4 aromatic rings. The van der Waals surface area contributed by atoms with E-state index in [1.54, 1.807) is 17.9 Å². The lowest BCUT2D eigenvalue weighted by Gasteiger charge is -2.42. The number of carbonyl (C=O) groups is 2. The summed E-state index contributed by atoms with van der Waals surface area (Å²) in [5, 5.41) is 6.90. The van der Waals surface area contributed by atoms with E-state index in [1.165, 1.54) is 47.0 Å². The van der Waals surface area contributed by atoms with Gasteiger partial charge in [-0.05, 0) is 112 Å². The molecule has 1 saturated carbocycles. The third-order valence-corrected chi connectivity index (χ3v) is 12.6. The molecule has 1 unspecified atom stereocenters. The molecule has 4 fully saturated rings. The van der Waals surface area contributed by atoms with Crippen LogP contribution in [0.15, 0.2) is 41.6 Å². The molecule has 3 saturated heterocycles. The number of piperazine rings is 1. The summed E-state index contributed by atoms with van der Waals surface area (Å²) in [6.07, 6.45) is 15.6. The van der Waals surface area contributed by atoms with Gasteiger partial charge in [-0.3, -0.25) is 28.9 Å². The van der Waals surface area contributed by atoms with Crippen LogP contribution in [0.5, 0.6) is 0 Å². The normalized spacial score (nSPS) is 23.8. The molecule has 0 spiro atoms. The van der Waals surface area contributed by atoms with Gasteiger partial charge >= 0.3 is 5.69 Å². The summed E-state index contributed by atoms with van der Waals surface area (Å²) in [6, 6.07) is 8.29. The van der Waals surface area contributed by atoms with Crippen LogP contribution in [0.3, 0.4) is 0 Å². The highest BCUT2D eigenvalue weighted by atomic mass is 16.5. The highest BCUT2D eigenvalue weighted by Crippen LogP contribution is 2.35. The summed E-state index contributed by atoms with van der Waals surface area (Å²) in [6.45, 7) is 8.85. The van der Waals surface area contributed by atoms with Crippen LogP contribution in [0, 0.1) is 5.92 Å². The Hall–Kier alpha value is -3.91. The van der Waals surface area contributed by atoms with Crippen LogP contribution in [0.2, 0.25) is 0 Å². The summed E-state index contributed by atoms with van der Waals surface area (Å²) >= 11 is 0. The van der Waals surface area contributed by atoms with E-state index in [0.29, 0.717) is 30.9 Å². The van der Waals surface area contributed by atoms with Crippen molar-refractivity contribution in [2.45, 2.75) is 95.1 Å². The number of carbonyl (C=O) groups excluding carboxylic acids is 2. The molecular weight excluding hydrogens is 685 g/mol. The van der Waals surface area contributed by atoms with Gasteiger partial charge in [-0.1, -0.05) is 6.07 Å². The van der Waals surface area contributed by atoms with Gasteiger partial charge in [0.2, 0.25) is 11.8 Å². The number of amides is 2. The predicted molar refractivity (Wildman–Crippen MR) is 206 cm³/mol. The summed E-state index contributed by atoms with van der Waals surface area (Å²) < 4.78 is 16.8. The quantitative estimate of drug-likeness (QED) is 0.160.